The van der Waals surface area contributed by atoms with Crippen molar-refractivity contribution in [2.45, 2.75) is 30.8 Å². The van der Waals surface area contributed by atoms with E-state index >= 15 is 0 Å². The predicted molar refractivity (Wildman–Crippen MR) is 160 cm³/mol. The number of benzene rings is 2. The first-order chi connectivity index (χ1) is 20.8. The molecule has 2 aliphatic rings. The summed E-state index contributed by atoms with van der Waals surface area (Å²) in [6, 6.07) is 17.0. The fraction of sp³-hybridized carbons (Fsp3) is 0.433. The van der Waals surface area contributed by atoms with Crippen LogP contribution in [0.5, 0.6) is 0 Å². The molecular weight excluding hydrogens is 576 g/mol. The van der Waals surface area contributed by atoms with Crippen LogP contribution in [0.2, 0.25) is 0 Å². The van der Waals surface area contributed by atoms with E-state index in [-0.39, 0.29) is 18.8 Å². The van der Waals surface area contributed by atoms with Gasteiger partial charge in [0.1, 0.15) is 23.7 Å². The minimum Gasteiger partial charge on any atom is -0.457 e. The van der Waals surface area contributed by atoms with Crippen molar-refractivity contribution in [3.8, 4) is 17.4 Å². The second kappa shape index (κ2) is 14.0. The molecule has 0 saturated carbocycles. The van der Waals surface area contributed by atoms with Gasteiger partial charge in [-0.15, -0.1) is 0 Å². The lowest BCUT2D eigenvalue weighted by molar-refractivity contribution is -0.173. The van der Waals surface area contributed by atoms with Crippen LogP contribution in [-0.2, 0) is 19.5 Å². The Hall–Kier alpha value is -3.32. The minimum atomic E-state index is -4.30. The molecule has 2 fully saturated rings. The molecule has 43 heavy (non-hydrogen) atoms. The van der Waals surface area contributed by atoms with Crippen LogP contribution in [0.3, 0.4) is 0 Å². The largest absolute Gasteiger partial charge is 0.457 e. The Morgan fingerprint density at radius 3 is 2.63 bits per heavy atom. The van der Waals surface area contributed by atoms with Gasteiger partial charge in [0, 0.05) is 56.5 Å². The summed E-state index contributed by atoms with van der Waals surface area (Å²) < 4.78 is 44.6. The van der Waals surface area contributed by atoms with Crippen molar-refractivity contribution in [2.75, 3.05) is 57.9 Å². The molecular formula is C30H36N4O8S. The molecule has 2 saturated heterocycles. The van der Waals surface area contributed by atoms with Gasteiger partial charge in [0.15, 0.2) is 4.91 Å². The van der Waals surface area contributed by atoms with E-state index in [9.17, 15) is 29.0 Å². The second-order valence-corrected chi connectivity index (χ2v) is 12.3. The van der Waals surface area contributed by atoms with Gasteiger partial charge in [-0.2, -0.15) is 5.26 Å². The lowest BCUT2D eigenvalue weighted by atomic mass is 9.98. The number of rotatable bonds is 11. The first kappa shape index (κ1) is 31.1. The van der Waals surface area contributed by atoms with Crippen molar-refractivity contribution < 1.29 is 37.6 Å². The summed E-state index contributed by atoms with van der Waals surface area (Å²) in [6.45, 7) is 4.47. The minimum absolute atomic E-state index is 0.0241. The highest BCUT2D eigenvalue weighted by molar-refractivity contribution is 7.93. The molecule has 0 bridgehead atoms. The Morgan fingerprint density at radius 2 is 1.86 bits per heavy atom. The number of hydrogen-bond donors (Lipinski definition) is 5. The zero-order valence-corrected chi connectivity index (χ0v) is 24.4. The van der Waals surface area contributed by atoms with Crippen molar-refractivity contribution in [1.82, 2.24) is 9.62 Å². The highest BCUT2D eigenvalue weighted by atomic mass is 32.2. The number of morpholine rings is 1. The third-order valence-electron chi connectivity index (χ3n) is 7.61. The molecule has 3 heterocycles. The van der Waals surface area contributed by atoms with Gasteiger partial charge >= 0.3 is 0 Å². The molecule has 0 radical (unpaired) electrons. The first-order valence-corrected chi connectivity index (χ1v) is 15.7. The number of nitrogens with zero attached hydrogens (tertiary/aromatic N) is 2. The van der Waals surface area contributed by atoms with Gasteiger partial charge in [0.25, 0.3) is 10.0 Å². The Labute approximate surface area is 250 Å². The molecule has 1 unspecified atom stereocenters. The van der Waals surface area contributed by atoms with Gasteiger partial charge in [0.2, 0.25) is 0 Å². The van der Waals surface area contributed by atoms with Crippen LogP contribution in [0, 0.1) is 11.3 Å². The molecule has 0 amide bonds. The number of nitrogens with one attached hydrogen (secondary N) is 2. The fourth-order valence-electron chi connectivity index (χ4n) is 5.17. The van der Waals surface area contributed by atoms with Crippen LogP contribution in [0.25, 0.3) is 28.2 Å². The van der Waals surface area contributed by atoms with Crippen LogP contribution in [-0.4, -0.2) is 106 Å². The van der Waals surface area contributed by atoms with E-state index in [0.29, 0.717) is 5.76 Å². The predicted octanol–water partition coefficient (Wildman–Crippen LogP) is 1.50. The number of ether oxygens (including phenoxy) is 2. The zero-order chi connectivity index (χ0) is 30.4. The van der Waals surface area contributed by atoms with Gasteiger partial charge in [-0.1, -0.05) is 18.2 Å². The third-order valence-corrected chi connectivity index (χ3v) is 8.95. The van der Waals surface area contributed by atoms with E-state index in [1.165, 1.54) is 0 Å². The van der Waals surface area contributed by atoms with E-state index in [2.05, 4.69) is 21.0 Å². The summed E-state index contributed by atoms with van der Waals surface area (Å²) in [5, 5.41) is 44.6. The summed E-state index contributed by atoms with van der Waals surface area (Å²) in [6.07, 6.45) is -3.22. The molecule has 5 N–H and O–H groups in total. The van der Waals surface area contributed by atoms with Crippen molar-refractivity contribution in [2.24, 2.45) is 0 Å². The standard InChI is InChI=1S/C30H36N4O8S/c31-17-26(43(38,39)33-18-29-30(37)27(36)16-25(19-35)42-29)15-24-5-6-28(41-24)22-2-1-21-14-23(4-3-20(21)13-22)32-7-8-34-9-11-40-12-10-34/h1-6,13-15,25,27,29-30,32-33,35-37H,7-12,16,18-19H2/b26-15+/t25?,27-,29-,30+/m1/s1. The number of nitriles is 1. The molecule has 0 aliphatic carbocycles. The Bertz CT molecular complexity index is 1580. The van der Waals surface area contributed by atoms with Gasteiger partial charge in [-0.25, -0.2) is 13.1 Å². The topological polar surface area (TPSA) is 178 Å². The van der Waals surface area contributed by atoms with Crippen LogP contribution < -0.4 is 10.0 Å². The molecule has 2 aromatic carbocycles. The zero-order valence-electron chi connectivity index (χ0n) is 23.6. The average Bonchev–Trinajstić information content (AvgIpc) is 3.49. The molecule has 0 spiro atoms. The lowest BCUT2D eigenvalue weighted by Crippen LogP contribution is -2.53. The van der Waals surface area contributed by atoms with Crippen molar-refractivity contribution >= 4 is 32.6 Å². The molecule has 13 heteroatoms. The number of hydrogen-bond acceptors (Lipinski definition) is 11. The second-order valence-electron chi connectivity index (χ2n) is 10.6. The Morgan fingerprint density at radius 1 is 1.09 bits per heavy atom. The van der Waals surface area contributed by atoms with E-state index in [0.717, 1.165) is 67.5 Å². The fourth-order valence-corrected chi connectivity index (χ4v) is 6.10. The monoisotopic (exact) mass is 612 g/mol. The number of furan rings is 1. The van der Waals surface area contributed by atoms with Crippen LogP contribution >= 0.6 is 0 Å². The maximum absolute atomic E-state index is 12.8. The number of anilines is 1. The average molecular weight is 613 g/mol. The first-order valence-electron chi connectivity index (χ1n) is 14.2. The van der Waals surface area contributed by atoms with Gasteiger partial charge in [0.05, 0.1) is 38.1 Å². The number of aliphatic hydroxyl groups is 3. The van der Waals surface area contributed by atoms with Crippen molar-refractivity contribution in [1.29, 1.82) is 5.26 Å². The highest BCUT2D eigenvalue weighted by Crippen LogP contribution is 2.29. The highest BCUT2D eigenvalue weighted by Gasteiger charge is 2.37. The van der Waals surface area contributed by atoms with Crippen molar-refractivity contribution in [3.63, 3.8) is 0 Å². The summed E-state index contributed by atoms with van der Waals surface area (Å²) in [5.41, 5.74) is 1.83. The van der Waals surface area contributed by atoms with Crippen LogP contribution in [0.4, 0.5) is 5.69 Å². The number of aliphatic hydroxyl groups excluding tert-OH is 3. The van der Waals surface area contributed by atoms with Gasteiger partial charge < -0.3 is 34.5 Å². The van der Waals surface area contributed by atoms with E-state index in [4.69, 9.17) is 13.9 Å². The molecule has 5 rings (SSSR count). The van der Waals surface area contributed by atoms with Crippen molar-refractivity contribution in [3.05, 3.63) is 59.2 Å². The number of sulfonamides is 1. The Kier molecular flexibility index (Phi) is 10.1. The van der Waals surface area contributed by atoms with Crippen LogP contribution in [0.1, 0.15) is 12.2 Å². The molecule has 4 atom stereocenters. The van der Waals surface area contributed by atoms with Gasteiger partial charge in [-0.05, 0) is 41.1 Å². The SMILES string of the molecule is N#C/C(=C\c1ccc(-c2ccc3cc(NCCN4CCOCC4)ccc3c2)o1)S(=O)(=O)NC[C@H]1OC(CO)C[C@@H](O)[C@@H]1O. The normalized spacial score (nSPS) is 23.7. The van der Waals surface area contributed by atoms with E-state index in [1.807, 2.05) is 30.3 Å². The third kappa shape index (κ3) is 7.80. The summed E-state index contributed by atoms with van der Waals surface area (Å²) in [7, 11) is -4.30. The molecule has 12 nitrogen and oxygen atoms in total. The quantitative estimate of drug-likeness (QED) is 0.198. The number of allylic oxidation sites excluding steroid dienone is 1. The summed E-state index contributed by atoms with van der Waals surface area (Å²) >= 11 is 0. The smallest absolute Gasteiger partial charge is 0.250 e. The Balaban J connectivity index is 1.22. The summed E-state index contributed by atoms with van der Waals surface area (Å²) in [5.74, 6) is 0.674. The molecule has 1 aromatic heterocycles. The van der Waals surface area contributed by atoms with E-state index < -0.39 is 45.9 Å². The summed E-state index contributed by atoms with van der Waals surface area (Å²) in [4.78, 5) is 1.78. The van der Waals surface area contributed by atoms with Crippen LogP contribution in [0.15, 0.2) is 57.9 Å². The maximum Gasteiger partial charge on any atom is 0.250 e. The van der Waals surface area contributed by atoms with Gasteiger partial charge in [-0.3, -0.25) is 4.90 Å². The molecule has 3 aromatic rings. The molecule has 230 valence electrons. The maximum atomic E-state index is 12.8. The van der Waals surface area contributed by atoms with E-state index in [1.54, 1.807) is 18.2 Å². The lowest BCUT2D eigenvalue weighted by Gasteiger charge is -2.36. The number of fused-ring (bicyclic) bond motifs is 1. The molecule has 2 aliphatic heterocycles.